The lowest BCUT2D eigenvalue weighted by molar-refractivity contribution is -0.898. The van der Waals surface area contributed by atoms with Crippen molar-refractivity contribution in [3.63, 3.8) is 0 Å². The van der Waals surface area contributed by atoms with Crippen LogP contribution in [0.2, 0.25) is 0 Å². The third kappa shape index (κ3) is 4.90. The first kappa shape index (κ1) is 21.4. The van der Waals surface area contributed by atoms with E-state index in [2.05, 4.69) is 36.2 Å². The summed E-state index contributed by atoms with van der Waals surface area (Å²) < 4.78 is 0. The van der Waals surface area contributed by atoms with E-state index in [0.717, 1.165) is 30.9 Å². The van der Waals surface area contributed by atoms with Crippen LogP contribution in [0.3, 0.4) is 0 Å². The van der Waals surface area contributed by atoms with E-state index in [1.165, 1.54) is 30.9 Å². The predicted octanol–water partition coefficient (Wildman–Crippen LogP) is 1.97. The summed E-state index contributed by atoms with van der Waals surface area (Å²) in [6.07, 6.45) is 1.22. The zero-order valence-electron chi connectivity index (χ0n) is 18.6. The van der Waals surface area contributed by atoms with Crippen molar-refractivity contribution in [2.45, 2.75) is 26.7 Å². The summed E-state index contributed by atoms with van der Waals surface area (Å²) in [5, 5.41) is 3.00. The van der Waals surface area contributed by atoms with Crippen LogP contribution in [0, 0.1) is 5.92 Å². The molecule has 2 aromatic carbocycles. The molecule has 0 unspecified atom stereocenters. The number of hydrogen-bond acceptors (Lipinski definition) is 3. The van der Waals surface area contributed by atoms with E-state index < -0.39 is 0 Å². The van der Waals surface area contributed by atoms with Crippen LogP contribution in [0.1, 0.15) is 25.8 Å². The molecule has 2 N–H and O–H groups in total. The van der Waals surface area contributed by atoms with Gasteiger partial charge >= 0.3 is 0 Å². The molecule has 2 aliphatic heterocycles. The van der Waals surface area contributed by atoms with Crippen LogP contribution >= 0.6 is 0 Å². The number of rotatable bonds is 6. The number of carbonyl (C=O) groups excluding carboxylic acids is 2. The Balaban J connectivity index is 1.33. The number of quaternary nitrogens is 1. The molecule has 2 fully saturated rings. The number of nitrogens with one attached hydrogen (secondary N) is 2. The van der Waals surface area contributed by atoms with Gasteiger partial charge in [-0.2, -0.15) is 0 Å². The highest BCUT2D eigenvalue weighted by atomic mass is 16.2. The Morgan fingerprint density at radius 3 is 2.26 bits per heavy atom. The maximum Gasteiger partial charge on any atom is 0.229 e. The normalized spacial score (nSPS) is 19.7. The minimum atomic E-state index is -0.330. The molecular formula is C25H33N4O2+. The van der Waals surface area contributed by atoms with Crippen LogP contribution in [0.5, 0.6) is 0 Å². The largest absolute Gasteiger partial charge is 0.360 e. The number of piperazine rings is 1. The van der Waals surface area contributed by atoms with E-state index in [4.69, 9.17) is 0 Å². The third-order valence-electron chi connectivity index (χ3n) is 6.62. The lowest BCUT2D eigenvalue weighted by atomic mass is 10.1. The lowest BCUT2D eigenvalue weighted by Gasteiger charge is -2.33. The first-order valence-corrected chi connectivity index (χ1v) is 11.5. The molecule has 2 aromatic rings. The van der Waals surface area contributed by atoms with E-state index in [1.807, 2.05) is 36.4 Å². The first-order valence-electron chi connectivity index (χ1n) is 11.5. The summed E-state index contributed by atoms with van der Waals surface area (Å²) in [6.45, 7) is 10.4. The summed E-state index contributed by atoms with van der Waals surface area (Å²) in [4.78, 5) is 31.1. The van der Waals surface area contributed by atoms with Gasteiger partial charge in [0.05, 0.1) is 38.6 Å². The molecule has 2 aliphatic rings. The Kier molecular flexibility index (Phi) is 6.56. The molecule has 2 amide bonds. The van der Waals surface area contributed by atoms with Crippen molar-refractivity contribution < 1.29 is 14.5 Å². The highest BCUT2D eigenvalue weighted by Gasteiger charge is 2.35. The maximum absolute atomic E-state index is 12.8. The Hall–Kier alpha value is -2.86. The van der Waals surface area contributed by atoms with Crippen molar-refractivity contribution in [1.29, 1.82) is 0 Å². The number of nitrogens with zero attached hydrogens (tertiary/aromatic N) is 2. The zero-order chi connectivity index (χ0) is 21.8. The van der Waals surface area contributed by atoms with Gasteiger partial charge in [-0.05, 0) is 55.3 Å². The number of aryl methyl sites for hydroxylation is 1. The van der Waals surface area contributed by atoms with Crippen molar-refractivity contribution >= 4 is 28.9 Å². The first-order chi connectivity index (χ1) is 15.1. The SMILES string of the molecule is CCc1ccc(N2C[C@H](C(=O)Nc3ccc(N4CC[NH+](CC)CC4)cc3)CC2=O)cc1. The average Bonchev–Trinajstić information content (AvgIpc) is 3.21. The van der Waals surface area contributed by atoms with Crippen LogP contribution in [-0.2, 0) is 16.0 Å². The van der Waals surface area contributed by atoms with E-state index in [9.17, 15) is 9.59 Å². The molecule has 2 saturated heterocycles. The van der Waals surface area contributed by atoms with Crippen LogP contribution in [-0.4, -0.2) is 51.1 Å². The molecule has 6 heteroatoms. The molecule has 31 heavy (non-hydrogen) atoms. The molecule has 6 nitrogen and oxygen atoms in total. The highest BCUT2D eigenvalue weighted by Crippen LogP contribution is 2.27. The van der Waals surface area contributed by atoms with Gasteiger partial charge in [0.1, 0.15) is 0 Å². The smallest absolute Gasteiger partial charge is 0.229 e. The quantitative estimate of drug-likeness (QED) is 0.750. The fourth-order valence-electron chi connectivity index (χ4n) is 4.48. The highest BCUT2D eigenvalue weighted by molar-refractivity contribution is 6.03. The standard InChI is InChI=1S/C25H32N4O2/c1-3-19-5-9-23(10-6-19)29-18-20(17-24(29)30)25(31)26-21-7-11-22(12-8-21)28-15-13-27(4-2)14-16-28/h5-12,20H,3-4,13-18H2,1-2H3,(H,26,31)/p+1/t20-/m1/s1. The minimum absolute atomic E-state index is 0.00750. The third-order valence-corrected chi connectivity index (χ3v) is 6.62. The van der Waals surface area contributed by atoms with Crippen LogP contribution in [0.15, 0.2) is 48.5 Å². The van der Waals surface area contributed by atoms with Gasteiger partial charge in [0.25, 0.3) is 0 Å². The molecule has 0 aromatic heterocycles. The van der Waals surface area contributed by atoms with E-state index in [0.29, 0.717) is 6.54 Å². The lowest BCUT2D eigenvalue weighted by Crippen LogP contribution is -3.14. The fraction of sp³-hybridized carbons (Fsp3) is 0.440. The van der Waals surface area contributed by atoms with Gasteiger partial charge in [0.15, 0.2) is 0 Å². The summed E-state index contributed by atoms with van der Waals surface area (Å²) in [6, 6.07) is 16.1. The molecule has 0 bridgehead atoms. The van der Waals surface area contributed by atoms with E-state index >= 15 is 0 Å². The second-order valence-corrected chi connectivity index (χ2v) is 8.55. The predicted molar refractivity (Wildman–Crippen MR) is 125 cm³/mol. The maximum atomic E-state index is 12.8. The summed E-state index contributed by atoms with van der Waals surface area (Å²) >= 11 is 0. The van der Waals surface area contributed by atoms with Gasteiger partial charge < -0.3 is 20.0 Å². The number of benzene rings is 2. The van der Waals surface area contributed by atoms with Gasteiger partial charge in [-0.1, -0.05) is 19.1 Å². The van der Waals surface area contributed by atoms with E-state index in [-0.39, 0.29) is 24.2 Å². The summed E-state index contributed by atoms with van der Waals surface area (Å²) in [5.41, 5.74) is 4.09. The molecule has 0 spiro atoms. The number of carbonyl (C=O) groups is 2. The average molecular weight is 422 g/mol. The van der Waals surface area contributed by atoms with Crippen LogP contribution < -0.4 is 20.0 Å². The Labute approximate surface area is 184 Å². The number of amides is 2. The topological polar surface area (TPSA) is 57.1 Å². The molecule has 0 saturated carbocycles. The molecule has 0 aliphatic carbocycles. The van der Waals surface area contributed by atoms with Crippen molar-refractivity contribution in [2.75, 3.05) is 54.4 Å². The van der Waals surface area contributed by atoms with Crippen LogP contribution in [0.25, 0.3) is 0 Å². The molecule has 164 valence electrons. The molecular weight excluding hydrogens is 388 g/mol. The van der Waals surface area contributed by atoms with Crippen molar-refractivity contribution in [1.82, 2.24) is 0 Å². The van der Waals surface area contributed by atoms with Crippen molar-refractivity contribution in [2.24, 2.45) is 5.92 Å². The monoisotopic (exact) mass is 421 g/mol. The summed E-state index contributed by atoms with van der Waals surface area (Å²) in [5.74, 6) is -0.412. The Morgan fingerprint density at radius 1 is 1.00 bits per heavy atom. The van der Waals surface area contributed by atoms with Gasteiger partial charge in [-0.25, -0.2) is 0 Å². The molecule has 1 atom stereocenters. The number of likely N-dealkylation sites (N-methyl/N-ethyl adjacent to an activating group) is 1. The molecule has 2 heterocycles. The number of anilines is 3. The second-order valence-electron chi connectivity index (χ2n) is 8.55. The molecule has 4 rings (SSSR count). The summed E-state index contributed by atoms with van der Waals surface area (Å²) in [7, 11) is 0. The zero-order valence-corrected chi connectivity index (χ0v) is 18.6. The van der Waals surface area contributed by atoms with Crippen LogP contribution in [0.4, 0.5) is 17.1 Å². The number of hydrogen-bond donors (Lipinski definition) is 2. The Morgan fingerprint density at radius 2 is 1.65 bits per heavy atom. The second kappa shape index (κ2) is 9.52. The van der Waals surface area contributed by atoms with Crippen molar-refractivity contribution in [3.05, 3.63) is 54.1 Å². The minimum Gasteiger partial charge on any atom is -0.360 e. The van der Waals surface area contributed by atoms with Gasteiger partial charge in [0.2, 0.25) is 11.8 Å². The van der Waals surface area contributed by atoms with Gasteiger partial charge in [0, 0.05) is 30.0 Å². The molecule has 0 radical (unpaired) electrons. The van der Waals surface area contributed by atoms with Gasteiger partial charge in [-0.3, -0.25) is 9.59 Å². The Bertz CT molecular complexity index is 902. The van der Waals surface area contributed by atoms with Gasteiger partial charge in [-0.15, -0.1) is 0 Å². The van der Waals surface area contributed by atoms with E-state index in [1.54, 1.807) is 9.80 Å². The fourth-order valence-corrected chi connectivity index (χ4v) is 4.48. The van der Waals surface area contributed by atoms with Crippen molar-refractivity contribution in [3.8, 4) is 0 Å².